The number of rotatable bonds is 4. The highest BCUT2D eigenvalue weighted by molar-refractivity contribution is 6.20. The van der Waals surface area contributed by atoms with Gasteiger partial charge in [0.05, 0.1) is 6.20 Å². The molecule has 1 aromatic heterocycles. The van der Waals surface area contributed by atoms with E-state index >= 15 is 0 Å². The molecule has 0 bridgehead atoms. The molecule has 0 saturated heterocycles. The topological polar surface area (TPSA) is 17.8 Å². The Labute approximate surface area is 132 Å². The molecule has 1 fully saturated rings. The van der Waals surface area contributed by atoms with Gasteiger partial charge in [-0.25, -0.2) is 0 Å². The third-order valence-corrected chi connectivity index (χ3v) is 5.24. The number of aromatic nitrogens is 2. The van der Waals surface area contributed by atoms with Gasteiger partial charge in [0.2, 0.25) is 0 Å². The second-order valence-corrected chi connectivity index (χ2v) is 6.67. The van der Waals surface area contributed by atoms with Crippen LogP contribution in [-0.2, 0) is 13.0 Å². The summed E-state index contributed by atoms with van der Waals surface area (Å²) >= 11 is 6.60. The lowest BCUT2D eigenvalue weighted by molar-refractivity contribution is 0.326. The van der Waals surface area contributed by atoms with E-state index in [4.69, 9.17) is 11.6 Å². The average Bonchev–Trinajstić information content (AvgIpc) is 2.98. The number of aryl methyl sites for hydroxylation is 1. The molecule has 3 atom stereocenters. The van der Waals surface area contributed by atoms with Gasteiger partial charge in [-0.3, -0.25) is 4.68 Å². The van der Waals surface area contributed by atoms with E-state index in [2.05, 4.69) is 48.6 Å². The van der Waals surface area contributed by atoms with Crippen molar-refractivity contribution in [3.05, 3.63) is 53.9 Å². The normalized spacial score (nSPS) is 25.9. The maximum Gasteiger partial charge on any atom is 0.0521 e. The lowest BCUT2D eigenvalue weighted by Crippen LogP contribution is -2.26. The number of benzene rings is 1. The van der Waals surface area contributed by atoms with Crippen LogP contribution in [0.15, 0.2) is 42.7 Å². The van der Waals surface area contributed by atoms with Crippen LogP contribution < -0.4 is 0 Å². The van der Waals surface area contributed by atoms with Crippen molar-refractivity contribution < 1.29 is 0 Å². The first-order chi connectivity index (χ1) is 10.3. The average molecular weight is 303 g/mol. The second-order valence-electron chi connectivity index (χ2n) is 6.11. The van der Waals surface area contributed by atoms with E-state index in [9.17, 15) is 0 Å². The highest BCUT2D eigenvalue weighted by Gasteiger charge is 2.30. The van der Waals surface area contributed by atoms with Gasteiger partial charge in [-0.15, -0.1) is 11.6 Å². The zero-order valence-corrected chi connectivity index (χ0v) is 13.3. The third-order valence-electron chi connectivity index (χ3n) is 4.67. The molecule has 0 aliphatic heterocycles. The Hall–Kier alpha value is -1.28. The Bertz CT molecular complexity index is 564. The molecular formula is C18H23ClN2. The molecule has 3 heteroatoms. The molecule has 2 nitrogen and oxygen atoms in total. The summed E-state index contributed by atoms with van der Waals surface area (Å²) in [5, 5.41) is 4.68. The molecule has 112 valence electrons. The van der Waals surface area contributed by atoms with Crippen LogP contribution in [0.5, 0.6) is 0 Å². The number of hydrogen-bond acceptors (Lipinski definition) is 1. The van der Waals surface area contributed by atoms with Crippen molar-refractivity contribution in [2.24, 2.45) is 5.92 Å². The summed E-state index contributed by atoms with van der Waals surface area (Å²) in [5.41, 5.74) is 2.79. The van der Waals surface area contributed by atoms with Crippen LogP contribution in [0.3, 0.4) is 0 Å². The van der Waals surface area contributed by atoms with Gasteiger partial charge >= 0.3 is 0 Å². The first kappa shape index (κ1) is 14.6. The third kappa shape index (κ3) is 3.49. The van der Waals surface area contributed by atoms with Gasteiger partial charge in [0.15, 0.2) is 0 Å². The fourth-order valence-corrected chi connectivity index (χ4v) is 3.77. The van der Waals surface area contributed by atoms with Crippen LogP contribution in [0.4, 0.5) is 0 Å². The second kappa shape index (κ2) is 6.65. The fourth-order valence-electron chi connectivity index (χ4n) is 3.45. The Morgan fingerprint density at radius 1 is 1.24 bits per heavy atom. The van der Waals surface area contributed by atoms with Gasteiger partial charge < -0.3 is 0 Å². The minimum Gasteiger partial charge on any atom is -0.273 e. The summed E-state index contributed by atoms with van der Waals surface area (Å²) in [6, 6.07) is 10.9. The van der Waals surface area contributed by atoms with Crippen molar-refractivity contribution in [3.63, 3.8) is 0 Å². The van der Waals surface area contributed by atoms with Crippen molar-refractivity contribution in [1.29, 1.82) is 0 Å². The molecule has 21 heavy (non-hydrogen) atoms. The van der Waals surface area contributed by atoms with Crippen molar-refractivity contribution in [2.45, 2.75) is 50.4 Å². The number of nitrogens with zero attached hydrogens (tertiary/aromatic N) is 2. The van der Waals surface area contributed by atoms with E-state index in [0.717, 1.165) is 19.4 Å². The molecule has 1 aliphatic carbocycles. The van der Waals surface area contributed by atoms with E-state index in [1.807, 2.05) is 10.9 Å². The van der Waals surface area contributed by atoms with E-state index in [1.54, 1.807) is 0 Å². The van der Waals surface area contributed by atoms with Crippen molar-refractivity contribution in [3.8, 4) is 0 Å². The lowest BCUT2D eigenvalue weighted by atomic mass is 9.76. The summed E-state index contributed by atoms with van der Waals surface area (Å²) in [6.45, 7) is 3.05. The highest BCUT2D eigenvalue weighted by Crippen LogP contribution is 2.39. The van der Waals surface area contributed by atoms with Gasteiger partial charge in [0.1, 0.15) is 0 Å². The van der Waals surface area contributed by atoms with Gasteiger partial charge in [-0.1, -0.05) is 30.3 Å². The lowest BCUT2D eigenvalue weighted by Gasteiger charge is -2.33. The van der Waals surface area contributed by atoms with Crippen LogP contribution in [0.25, 0.3) is 0 Å². The number of hydrogen-bond donors (Lipinski definition) is 0. The fraction of sp³-hybridized carbons (Fsp3) is 0.500. The Kier molecular flexibility index (Phi) is 4.64. The molecule has 2 aromatic rings. The van der Waals surface area contributed by atoms with Crippen molar-refractivity contribution in [2.75, 3.05) is 0 Å². The molecule has 0 spiro atoms. The number of alkyl halides is 1. The summed E-state index contributed by atoms with van der Waals surface area (Å²) in [5.74, 6) is 1.22. The molecule has 1 heterocycles. The summed E-state index contributed by atoms with van der Waals surface area (Å²) < 4.78 is 2.00. The molecule has 3 rings (SSSR count). The van der Waals surface area contributed by atoms with E-state index < -0.39 is 0 Å². The van der Waals surface area contributed by atoms with Crippen molar-refractivity contribution >= 4 is 11.6 Å². The predicted octanol–water partition coefficient (Wildman–Crippen LogP) is 4.64. The zero-order chi connectivity index (χ0) is 14.7. The quantitative estimate of drug-likeness (QED) is 0.753. The van der Waals surface area contributed by atoms with E-state index in [-0.39, 0.29) is 0 Å². The maximum atomic E-state index is 6.60. The van der Waals surface area contributed by atoms with E-state index in [0.29, 0.717) is 17.2 Å². The summed E-state index contributed by atoms with van der Waals surface area (Å²) in [4.78, 5) is 0. The van der Waals surface area contributed by atoms with Gasteiger partial charge in [0.25, 0.3) is 0 Å². The highest BCUT2D eigenvalue weighted by atomic mass is 35.5. The molecule has 1 aliphatic rings. The summed E-state index contributed by atoms with van der Waals surface area (Å²) in [6.07, 6.45) is 8.73. The largest absolute Gasteiger partial charge is 0.273 e. The Morgan fingerprint density at radius 3 is 2.76 bits per heavy atom. The number of halogens is 1. The SMILES string of the molecule is CCn1cc(CC2CC(c3ccccc3)CCC2Cl)cn1. The van der Waals surface area contributed by atoms with Gasteiger partial charge in [-0.2, -0.15) is 5.10 Å². The van der Waals surface area contributed by atoms with Crippen LogP contribution in [0.2, 0.25) is 0 Å². The van der Waals surface area contributed by atoms with Gasteiger partial charge in [-0.05, 0) is 55.6 Å². The van der Waals surface area contributed by atoms with Crippen molar-refractivity contribution in [1.82, 2.24) is 9.78 Å². The van der Waals surface area contributed by atoms with E-state index in [1.165, 1.54) is 24.0 Å². The van der Waals surface area contributed by atoms with Crippen LogP contribution in [-0.4, -0.2) is 15.2 Å². The minimum absolute atomic E-state index is 0.301. The molecule has 0 radical (unpaired) electrons. The first-order valence-electron chi connectivity index (χ1n) is 7.96. The molecule has 1 aromatic carbocycles. The molecule has 0 amide bonds. The minimum atomic E-state index is 0.301. The Morgan fingerprint density at radius 2 is 2.05 bits per heavy atom. The zero-order valence-electron chi connectivity index (χ0n) is 12.6. The van der Waals surface area contributed by atoms with Crippen LogP contribution in [0.1, 0.15) is 43.2 Å². The molecule has 3 unspecified atom stereocenters. The first-order valence-corrected chi connectivity index (χ1v) is 8.40. The standard InChI is InChI=1S/C18H23ClN2/c1-2-21-13-14(12-20-21)10-17-11-16(8-9-18(17)19)15-6-4-3-5-7-15/h3-7,12-13,16-18H,2,8-11H2,1H3. The molecular weight excluding hydrogens is 280 g/mol. The monoisotopic (exact) mass is 302 g/mol. The maximum absolute atomic E-state index is 6.60. The molecule has 0 N–H and O–H groups in total. The van der Waals surface area contributed by atoms with Crippen LogP contribution >= 0.6 is 11.6 Å². The Balaban J connectivity index is 1.69. The predicted molar refractivity (Wildman–Crippen MR) is 87.8 cm³/mol. The van der Waals surface area contributed by atoms with Gasteiger partial charge in [0, 0.05) is 18.1 Å². The summed E-state index contributed by atoms with van der Waals surface area (Å²) in [7, 11) is 0. The smallest absolute Gasteiger partial charge is 0.0521 e. The van der Waals surface area contributed by atoms with Crippen LogP contribution in [0, 0.1) is 5.92 Å². The molecule has 1 saturated carbocycles.